The summed E-state index contributed by atoms with van der Waals surface area (Å²) in [7, 11) is 0. The van der Waals surface area contributed by atoms with Crippen molar-refractivity contribution >= 4 is 32.6 Å². The number of aromatic nitrogens is 2. The fraction of sp³-hybridized carbons (Fsp3) is 0.118. The van der Waals surface area contributed by atoms with E-state index in [1.807, 2.05) is 43.3 Å². The van der Waals surface area contributed by atoms with Crippen LogP contribution in [0.4, 0.5) is 0 Å². The van der Waals surface area contributed by atoms with Crippen LogP contribution in [0.25, 0.3) is 10.9 Å². The molecule has 1 aromatic heterocycles. The molecule has 0 atom stereocenters. The zero-order valence-electron chi connectivity index (χ0n) is 11.5. The number of fused-ring (bicyclic) bond motifs is 1. The molecule has 3 rings (SSSR count). The predicted molar refractivity (Wildman–Crippen MR) is 86.8 cm³/mol. The molecule has 3 aromatic rings. The van der Waals surface area contributed by atoms with Crippen molar-refractivity contribution in [2.24, 2.45) is 0 Å². The van der Waals surface area contributed by atoms with E-state index in [9.17, 15) is 4.79 Å². The number of ketones is 1. The van der Waals surface area contributed by atoms with E-state index in [1.165, 1.54) is 6.33 Å². The van der Waals surface area contributed by atoms with Crippen LogP contribution in [0.3, 0.4) is 0 Å². The minimum atomic E-state index is 0.0306. The number of hydrogen-bond donors (Lipinski definition) is 0. The lowest BCUT2D eigenvalue weighted by atomic mass is 9.93. The van der Waals surface area contributed by atoms with Gasteiger partial charge in [0.05, 0.1) is 5.52 Å². The molecule has 0 spiro atoms. The van der Waals surface area contributed by atoms with Crippen molar-refractivity contribution in [3.05, 3.63) is 71.2 Å². The zero-order chi connectivity index (χ0) is 14.8. The lowest BCUT2D eigenvalue weighted by molar-refractivity contribution is 0.103. The van der Waals surface area contributed by atoms with Crippen LogP contribution in [-0.2, 0) is 5.33 Å². The van der Waals surface area contributed by atoms with Crippen molar-refractivity contribution < 1.29 is 4.79 Å². The quantitative estimate of drug-likeness (QED) is 0.533. The number of nitrogens with zero attached hydrogens (tertiary/aromatic N) is 2. The summed E-state index contributed by atoms with van der Waals surface area (Å²) < 4.78 is 0. The summed E-state index contributed by atoms with van der Waals surface area (Å²) >= 11 is 3.48. The van der Waals surface area contributed by atoms with Crippen LogP contribution in [0.2, 0.25) is 0 Å². The van der Waals surface area contributed by atoms with Gasteiger partial charge in [0.25, 0.3) is 0 Å². The first-order chi connectivity index (χ1) is 10.2. The van der Waals surface area contributed by atoms with Gasteiger partial charge < -0.3 is 0 Å². The Hall–Kier alpha value is -2.07. The van der Waals surface area contributed by atoms with Gasteiger partial charge in [-0.05, 0) is 24.1 Å². The van der Waals surface area contributed by atoms with Crippen LogP contribution in [0, 0.1) is 6.92 Å². The highest BCUT2D eigenvalue weighted by Gasteiger charge is 2.18. The molecule has 0 amide bonds. The van der Waals surface area contributed by atoms with Gasteiger partial charge in [0.15, 0.2) is 5.78 Å². The first-order valence-corrected chi connectivity index (χ1v) is 7.72. The van der Waals surface area contributed by atoms with E-state index in [0.717, 1.165) is 27.6 Å². The minimum absolute atomic E-state index is 0.0306. The van der Waals surface area contributed by atoms with Crippen molar-refractivity contribution in [1.29, 1.82) is 0 Å². The molecule has 0 saturated heterocycles. The third kappa shape index (κ3) is 2.47. The van der Waals surface area contributed by atoms with Gasteiger partial charge in [-0.2, -0.15) is 0 Å². The van der Waals surface area contributed by atoms with Gasteiger partial charge >= 0.3 is 0 Å². The van der Waals surface area contributed by atoms with E-state index in [0.29, 0.717) is 10.9 Å². The number of aryl methyl sites for hydroxylation is 1. The SMILES string of the molecule is Cc1c(C(=O)c2ccccc2)c(CBr)cc2cncnc12. The fourth-order valence-corrected chi connectivity index (χ4v) is 2.98. The summed E-state index contributed by atoms with van der Waals surface area (Å²) in [6.07, 6.45) is 3.29. The van der Waals surface area contributed by atoms with Crippen molar-refractivity contribution in [3.63, 3.8) is 0 Å². The smallest absolute Gasteiger partial charge is 0.193 e. The second-order valence-electron chi connectivity index (χ2n) is 4.83. The number of alkyl halides is 1. The first kappa shape index (κ1) is 13.9. The van der Waals surface area contributed by atoms with Crippen LogP contribution in [0.1, 0.15) is 27.0 Å². The van der Waals surface area contributed by atoms with Gasteiger partial charge in [-0.25, -0.2) is 9.97 Å². The monoisotopic (exact) mass is 340 g/mol. The molecule has 0 bridgehead atoms. The van der Waals surface area contributed by atoms with Crippen molar-refractivity contribution in [3.8, 4) is 0 Å². The zero-order valence-corrected chi connectivity index (χ0v) is 13.1. The third-order valence-corrected chi connectivity index (χ3v) is 4.13. The molecule has 2 aromatic carbocycles. The summed E-state index contributed by atoms with van der Waals surface area (Å²) in [5, 5.41) is 1.57. The van der Waals surface area contributed by atoms with Gasteiger partial charge in [0, 0.05) is 28.0 Å². The second kappa shape index (κ2) is 5.74. The maximum absolute atomic E-state index is 12.8. The summed E-state index contributed by atoms with van der Waals surface area (Å²) in [5.41, 5.74) is 4.11. The molecule has 104 valence electrons. The highest BCUT2D eigenvalue weighted by atomic mass is 79.9. The molecule has 0 saturated carbocycles. The molecule has 0 aliphatic heterocycles. The topological polar surface area (TPSA) is 42.9 Å². The largest absolute Gasteiger partial charge is 0.289 e. The molecule has 4 heteroatoms. The Bertz CT molecular complexity index is 816. The molecular formula is C17H13BrN2O. The molecule has 0 N–H and O–H groups in total. The summed E-state index contributed by atoms with van der Waals surface area (Å²) in [6.45, 7) is 1.94. The van der Waals surface area contributed by atoms with Gasteiger partial charge in [-0.1, -0.05) is 46.3 Å². The van der Waals surface area contributed by atoms with E-state index in [4.69, 9.17) is 0 Å². The highest BCUT2D eigenvalue weighted by Crippen LogP contribution is 2.27. The Morgan fingerprint density at radius 1 is 1.24 bits per heavy atom. The Morgan fingerprint density at radius 2 is 2.00 bits per heavy atom. The predicted octanol–water partition coefficient (Wildman–Crippen LogP) is 4.06. The summed E-state index contributed by atoms with van der Waals surface area (Å²) in [5.74, 6) is 0.0306. The maximum atomic E-state index is 12.8. The van der Waals surface area contributed by atoms with Crippen molar-refractivity contribution in [2.75, 3.05) is 0 Å². The average molecular weight is 341 g/mol. The summed E-state index contributed by atoms with van der Waals surface area (Å²) in [4.78, 5) is 21.2. The van der Waals surface area contributed by atoms with Crippen LogP contribution in [-0.4, -0.2) is 15.8 Å². The van der Waals surface area contributed by atoms with E-state index >= 15 is 0 Å². The van der Waals surface area contributed by atoms with E-state index in [2.05, 4.69) is 25.9 Å². The van der Waals surface area contributed by atoms with E-state index in [1.54, 1.807) is 6.20 Å². The van der Waals surface area contributed by atoms with Crippen LogP contribution >= 0.6 is 15.9 Å². The van der Waals surface area contributed by atoms with Crippen molar-refractivity contribution in [1.82, 2.24) is 9.97 Å². The first-order valence-electron chi connectivity index (χ1n) is 6.60. The fourth-order valence-electron chi connectivity index (χ4n) is 2.53. The maximum Gasteiger partial charge on any atom is 0.193 e. The Morgan fingerprint density at radius 3 is 2.71 bits per heavy atom. The minimum Gasteiger partial charge on any atom is -0.289 e. The molecule has 0 aliphatic carbocycles. The Labute approximate surface area is 131 Å². The number of carbonyl (C=O) groups is 1. The molecule has 1 heterocycles. The molecular weight excluding hydrogens is 328 g/mol. The highest BCUT2D eigenvalue weighted by molar-refractivity contribution is 9.08. The Balaban J connectivity index is 2.26. The van der Waals surface area contributed by atoms with Crippen LogP contribution < -0.4 is 0 Å². The van der Waals surface area contributed by atoms with Gasteiger partial charge in [-0.15, -0.1) is 0 Å². The third-order valence-electron chi connectivity index (χ3n) is 3.53. The van der Waals surface area contributed by atoms with Gasteiger partial charge in [-0.3, -0.25) is 4.79 Å². The number of carbonyl (C=O) groups excluding carboxylic acids is 1. The van der Waals surface area contributed by atoms with E-state index < -0.39 is 0 Å². The molecule has 3 nitrogen and oxygen atoms in total. The summed E-state index contributed by atoms with van der Waals surface area (Å²) in [6, 6.07) is 11.3. The standard InChI is InChI=1S/C17H13BrN2O/c1-11-15(17(21)12-5-3-2-4-6-12)13(8-18)7-14-9-19-10-20-16(11)14/h2-7,9-10H,8H2,1H3. The normalized spacial score (nSPS) is 10.8. The van der Waals surface area contributed by atoms with E-state index in [-0.39, 0.29) is 5.78 Å². The average Bonchev–Trinajstić information content (AvgIpc) is 2.55. The van der Waals surface area contributed by atoms with Crippen LogP contribution in [0.5, 0.6) is 0 Å². The van der Waals surface area contributed by atoms with Gasteiger partial charge in [0.1, 0.15) is 6.33 Å². The lowest BCUT2D eigenvalue weighted by Gasteiger charge is -2.12. The molecule has 0 aliphatic rings. The van der Waals surface area contributed by atoms with Gasteiger partial charge in [0.2, 0.25) is 0 Å². The Kier molecular flexibility index (Phi) is 3.80. The second-order valence-corrected chi connectivity index (χ2v) is 5.39. The number of benzene rings is 2. The number of rotatable bonds is 3. The molecule has 0 fully saturated rings. The van der Waals surface area contributed by atoms with Crippen molar-refractivity contribution in [2.45, 2.75) is 12.3 Å². The lowest BCUT2D eigenvalue weighted by Crippen LogP contribution is -2.08. The number of hydrogen-bond acceptors (Lipinski definition) is 3. The van der Waals surface area contributed by atoms with Crippen LogP contribution in [0.15, 0.2) is 48.9 Å². The molecule has 0 unspecified atom stereocenters. The molecule has 21 heavy (non-hydrogen) atoms. The molecule has 0 radical (unpaired) electrons. The number of halogens is 1.